The Hall–Kier alpha value is -0.570. The van der Waals surface area contributed by atoms with E-state index < -0.39 is 0 Å². The van der Waals surface area contributed by atoms with Crippen molar-refractivity contribution in [1.82, 2.24) is 10.6 Å². The number of unbranched alkanes of at least 4 members (excludes halogenated alkanes) is 1. The molecule has 0 radical (unpaired) electrons. The lowest BCUT2D eigenvalue weighted by atomic mass is 10.1. The zero-order valence-corrected chi connectivity index (χ0v) is 17.4. The van der Waals surface area contributed by atoms with Crippen LogP contribution in [0.1, 0.15) is 46.5 Å². The predicted molar refractivity (Wildman–Crippen MR) is 106 cm³/mol. The van der Waals surface area contributed by atoms with Gasteiger partial charge in [-0.25, -0.2) is 0 Å². The van der Waals surface area contributed by atoms with Crippen LogP contribution in [0.15, 0.2) is 4.99 Å². The molecule has 0 saturated heterocycles. The first kappa shape index (κ1) is 24.7. The molecule has 0 aromatic rings. The Kier molecular flexibility index (Phi) is 19.1. The molecule has 0 aliphatic rings. The van der Waals surface area contributed by atoms with Gasteiger partial charge in [0.05, 0.1) is 13.7 Å². The minimum Gasteiger partial charge on any atom is -0.469 e. The van der Waals surface area contributed by atoms with Crippen LogP contribution in [0.4, 0.5) is 0 Å². The van der Waals surface area contributed by atoms with Gasteiger partial charge in [0, 0.05) is 32.7 Å². The van der Waals surface area contributed by atoms with Gasteiger partial charge in [-0.15, -0.1) is 24.0 Å². The van der Waals surface area contributed by atoms with E-state index in [1.165, 1.54) is 7.11 Å². The topological polar surface area (TPSA) is 72.0 Å². The highest BCUT2D eigenvalue weighted by Crippen LogP contribution is 1.98. The van der Waals surface area contributed by atoms with E-state index in [4.69, 9.17) is 4.74 Å². The van der Waals surface area contributed by atoms with E-state index >= 15 is 0 Å². The number of hydrogen-bond donors (Lipinski definition) is 2. The number of ether oxygens (including phenoxy) is 2. The Morgan fingerprint density at radius 2 is 1.91 bits per heavy atom. The second kappa shape index (κ2) is 17.8. The number of carbonyl (C=O) groups excluding carboxylic acids is 1. The molecule has 0 amide bonds. The lowest BCUT2D eigenvalue weighted by Gasteiger charge is -2.12. The van der Waals surface area contributed by atoms with Crippen molar-refractivity contribution in [3.8, 4) is 0 Å². The molecule has 0 spiro atoms. The smallest absolute Gasteiger partial charge is 0.305 e. The molecule has 0 aliphatic carbocycles. The lowest BCUT2D eigenvalue weighted by Crippen LogP contribution is -2.39. The molecule has 0 fully saturated rings. The first-order chi connectivity index (χ1) is 10.6. The van der Waals surface area contributed by atoms with Crippen LogP contribution in [0, 0.1) is 5.92 Å². The van der Waals surface area contributed by atoms with Crippen molar-refractivity contribution < 1.29 is 14.3 Å². The quantitative estimate of drug-likeness (QED) is 0.160. The van der Waals surface area contributed by atoms with Crippen molar-refractivity contribution in [3.05, 3.63) is 0 Å². The number of nitrogens with one attached hydrogen (secondary N) is 2. The molecule has 0 unspecified atom stereocenters. The minimum absolute atomic E-state index is 0. The van der Waals surface area contributed by atoms with Crippen molar-refractivity contribution in [3.63, 3.8) is 0 Å². The average molecular weight is 443 g/mol. The third-order valence-corrected chi connectivity index (χ3v) is 3.01. The molecule has 0 atom stereocenters. The van der Waals surface area contributed by atoms with Crippen LogP contribution < -0.4 is 10.6 Å². The second-order valence-corrected chi connectivity index (χ2v) is 5.52. The van der Waals surface area contributed by atoms with Crippen molar-refractivity contribution >= 4 is 35.9 Å². The van der Waals surface area contributed by atoms with E-state index in [1.54, 1.807) is 0 Å². The summed E-state index contributed by atoms with van der Waals surface area (Å²) in [5.41, 5.74) is 0. The van der Waals surface area contributed by atoms with Gasteiger partial charge in [-0.3, -0.25) is 9.79 Å². The summed E-state index contributed by atoms with van der Waals surface area (Å²) >= 11 is 0. The third-order valence-electron chi connectivity index (χ3n) is 3.01. The Balaban J connectivity index is 0. The number of methoxy groups -OCH3 is 1. The fourth-order valence-electron chi connectivity index (χ4n) is 1.68. The second-order valence-electron chi connectivity index (χ2n) is 5.52. The molecule has 0 aromatic heterocycles. The molecule has 138 valence electrons. The maximum Gasteiger partial charge on any atom is 0.305 e. The summed E-state index contributed by atoms with van der Waals surface area (Å²) < 4.78 is 10.2. The van der Waals surface area contributed by atoms with Gasteiger partial charge >= 0.3 is 5.97 Å². The van der Waals surface area contributed by atoms with Crippen LogP contribution in [-0.4, -0.2) is 51.9 Å². The molecule has 0 rings (SSSR count). The van der Waals surface area contributed by atoms with Gasteiger partial charge in [-0.2, -0.15) is 0 Å². The number of guanidine groups is 1. The van der Waals surface area contributed by atoms with Crippen LogP contribution in [0.3, 0.4) is 0 Å². The maximum absolute atomic E-state index is 11.0. The number of rotatable bonds is 12. The van der Waals surface area contributed by atoms with Crippen LogP contribution >= 0.6 is 24.0 Å². The standard InChI is InChI=1S/C16H33N3O3.HI/c1-5-17-16(18-10-7-6-8-15(20)21-4)19-11-13-22-12-9-14(2)3;/h14H,5-13H2,1-4H3,(H2,17,18,19);1H. The fourth-order valence-corrected chi connectivity index (χ4v) is 1.68. The van der Waals surface area contributed by atoms with E-state index in [9.17, 15) is 4.79 Å². The van der Waals surface area contributed by atoms with Crippen LogP contribution in [0.25, 0.3) is 0 Å². The SMILES string of the molecule is CCNC(=NCCCCC(=O)OC)NCCOCCC(C)C.I. The van der Waals surface area contributed by atoms with Gasteiger partial charge in [0.15, 0.2) is 5.96 Å². The molecule has 0 bridgehead atoms. The first-order valence-corrected chi connectivity index (χ1v) is 8.26. The van der Waals surface area contributed by atoms with Crippen molar-refractivity contribution in [2.24, 2.45) is 10.9 Å². The van der Waals surface area contributed by atoms with Gasteiger partial charge in [0.25, 0.3) is 0 Å². The average Bonchev–Trinajstić information content (AvgIpc) is 2.49. The highest BCUT2D eigenvalue weighted by atomic mass is 127. The van der Waals surface area contributed by atoms with Crippen LogP contribution in [0.2, 0.25) is 0 Å². The predicted octanol–water partition coefficient (Wildman–Crippen LogP) is 2.57. The van der Waals surface area contributed by atoms with Gasteiger partial charge in [0.2, 0.25) is 0 Å². The van der Waals surface area contributed by atoms with Crippen LogP contribution in [-0.2, 0) is 14.3 Å². The molecule has 0 aromatic carbocycles. The Morgan fingerprint density at radius 1 is 1.17 bits per heavy atom. The van der Waals surface area contributed by atoms with E-state index in [0.717, 1.165) is 44.9 Å². The molecule has 0 saturated carbocycles. The highest BCUT2D eigenvalue weighted by molar-refractivity contribution is 14.0. The normalized spacial score (nSPS) is 11.1. The maximum atomic E-state index is 11.0. The zero-order chi connectivity index (χ0) is 16.6. The molecule has 6 nitrogen and oxygen atoms in total. The monoisotopic (exact) mass is 443 g/mol. The van der Waals surface area contributed by atoms with Crippen molar-refractivity contribution in [1.29, 1.82) is 0 Å². The van der Waals surface area contributed by atoms with Gasteiger partial charge < -0.3 is 20.1 Å². The fraction of sp³-hybridized carbons (Fsp3) is 0.875. The van der Waals surface area contributed by atoms with Gasteiger partial charge in [-0.1, -0.05) is 13.8 Å². The number of aliphatic imine (C=N–C) groups is 1. The number of nitrogens with zero attached hydrogens (tertiary/aromatic N) is 1. The summed E-state index contributed by atoms with van der Waals surface area (Å²) in [5, 5.41) is 6.44. The van der Waals surface area contributed by atoms with Crippen molar-refractivity contribution in [2.45, 2.75) is 46.5 Å². The molecule has 2 N–H and O–H groups in total. The highest BCUT2D eigenvalue weighted by Gasteiger charge is 2.00. The number of hydrogen-bond acceptors (Lipinski definition) is 4. The molecular formula is C16H34IN3O3. The number of carbonyl (C=O) groups is 1. The summed E-state index contributed by atoms with van der Waals surface area (Å²) in [5.74, 6) is 1.32. The van der Waals surface area contributed by atoms with E-state index in [2.05, 4.69) is 34.2 Å². The third kappa shape index (κ3) is 17.6. The van der Waals surface area contributed by atoms with Crippen LogP contribution in [0.5, 0.6) is 0 Å². The van der Waals surface area contributed by atoms with E-state index in [1.807, 2.05) is 6.92 Å². The van der Waals surface area contributed by atoms with Gasteiger partial charge in [0.1, 0.15) is 0 Å². The summed E-state index contributed by atoms with van der Waals surface area (Å²) in [6, 6.07) is 0. The van der Waals surface area contributed by atoms with Crippen molar-refractivity contribution in [2.75, 3.05) is 40.0 Å². The molecular weight excluding hydrogens is 409 g/mol. The van der Waals surface area contributed by atoms with E-state index in [-0.39, 0.29) is 29.9 Å². The summed E-state index contributed by atoms with van der Waals surface area (Å²) in [7, 11) is 1.41. The summed E-state index contributed by atoms with van der Waals surface area (Å²) in [4.78, 5) is 15.5. The zero-order valence-electron chi connectivity index (χ0n) is 15.0. The number of esters is 1. The van der Waals surface area contributed by atoms with Gasteiger partial charge in [-0.05, 0) is 32.1 Å². The Bertz CT molecular complexity index is 313. The first-order valence-electron chi connectivity index (χ1n) is 8.26. The largest absolute Gasteiger partial charge is 0.469 e. The molecule has 0 aliphatic heterocycles. The molecule has 7 heteroatoms. The Morgan fingerprint density at radius 3 is 2.52 bits per heavy atom. The summed E-state index contributed by atoms with van der Waals surface area (Å²) in [6.45, 7) is 10.2. The summed E-state index contributed by atoms with van der Waals surface area (Å²) in [6.07, 6.45) is 3.22. The Labute approximate surface area is 158 Å². The molecule has 0 heterocycles. The molecule has 23 heavy (non-hydrogen) atoms. The lowest BCUT2D eigenvalue weighted by molar-refractivity contribution is -0.140. The van der Waals surface area contributed by atoms with E-state index in [0.29, 0.717) is 25.5 Å². The minimum atomic E-state index is -0.160. The number of halogens is 1.